The van der Waals surface area contributed by atoms with Crippen molar-refractivity contribution in [2.24, 2.45) is 0 Å². The highest BCUT2D eigenvalue weighted by molar-refractivity contribution is 7.51. The Balaban J connectivity index is 2.22. The van der Waals surface area contributed by atoms with Gasteiger partial charge in [0.1, 0.15) is 5.75 Å². The molecular weight excluding hydrogens is 339 g/mol. The van der Waals surface area contributed by atoms with Gasteiger partial charge in [0.2, 0.25) is 6.29 Å². The van der Waals surface area contributed by atoms with E-state index in [1.165, 1.54) is 13.1 Å². The molecule has 0 aliphatic heterocycles. The van der Waals surface area contributed by atoms with Crippen LogP contribution in [0.1, 0.15) is 5.56 Å². The Labute approximate surface area is 136 Å². The van der Waals surface area contributed by atoms with Crippen LogP contribution >= 0.6 is 7.60 Å². The molecule has 0 aliphatic carbocycles. The molecule has 0 fully saturated rings. The van der Waals surface area contributed by atoms with Gasteiger partial charge in [-0.15, -0.1) is 0 Å². The van der Waals surface area contributed by atoms with Gasteiger partial charge in [-0.05, 0) is 19.1 Å². The van der Waals surface area contributed by atoms with Crippen molar-refractivity contribution in [2.45, 2.75) is 19.8 Å². The molecule has 2 rings (SSSR count). The maximum atomic E-state index is 11.8. The molecule has 1 unspecified atom stereocenters. The van der Waals surface area contributed by atoms with Crippen molar-refractivity contribution in [3.8, 4) is 5.75 Å². The number of hydrogen-bond donors (Lipinski definition) is 3. The maximum absolute atomic E-state index is 11.8. The Kier molecular flexibility index (Phi) is 5.74. The molecule has 0 spiro atoms. The topological polar surface area (TPSA) is 131 Å². The third-order valence-electron chi connectivity index (χ3n) is 2.97. The number of nitrogens with zero attached hydrogens (tertiary/aromatic N) is 1. The third-order valence-corrected chi connectivity index (χ3v) is 3.46. The monoisotopic (exact) mass is 356 g/mol. The van der Waals surface area contributed by atoms with Crippen LogP contribution in [0.5, 0.6) is 5.75 Å². The molecule has 3 N–H and O–H groups in total. The van der Waals surface area contributed by atoms with E-state index in [4.69, 9.17) is 19.3 Å². The lowest BCUT2D eigenvalue weighted by atomic mass is 10.3. The van der Waals surface area contributed by atoms with Crippen LogP contribution in [0.4, 0.5) is 0 Å². The van der Waals surface area contributed by atoms with Gasteiger partial charge in [-0.3, -0.25) is 18.9 Å². The summed E-state index contributed by atoms with van der Waals surface area (Å²) in [5, 5.41) is 0. The lowest BCUT2D eigenvalue weighted by molar-refractivity contribution is -0.0769. The van der Waals surface area contributed by atoms with Gasteiger partial charge in [-0.25, -0.2) is 4.79 Å². The van der Waals surface area contributed by atoms with Crippen molar-refractivity contribution in [2.75, 3.05) is 6.35 Å². The number of hydrogen-bond acceptors (Lipinski definition) is 5. The first-order valence-electron chi connectivity index (χ1n) is 6.93. The number of rotatable bonds is 7. The van der Waals surface area contributed by atoms with Crippen LogP contribution in [0.15, 0.2) is 46.1 Å². The van der Waals surface area contributed by atoms with E-state index in [1.54, 1.807) is 30.3 Å². The Morgan fingerprint density at radius 2 is 1.92 bits per heavy atom. The second-order valence-corrected chi connectivity index (χ2v) is 6.63. The average molecular weight is 356 g/mol. The molecule has 0 saturated carbocycles. The second kappa shape index (κ2) is 7.59. The molecule has 130 valence electrons. The molecular formula is C14H17N2O7P. The van der Waals surface area contributed by atoms with Crippen LogP contribution in [0.2, 0.25) is 0 Å². The predicted octanol–water partition coefficient (Wildman–Crippen LogP) is 0.402. The molecule has 0 saturated heterocycles. The summed E-state index contributed by atoms with van der Waals surface area (Å²) in [6.07, 6.45) is -0.673. The van der Waals surface area contributed by atoms with Crippen molar-refractivity contribution in [3.63, 3.8) is 0 Å². The van der Waals surface area contributed by atoms with E-state index in [0.29, 0.717) is 11.3 Å². The number of nitrogens with one attached hydrogen (secondary N) is 1. The zero-order valence-corrected chi connectivity index (χ0v) is 13.7. The van der Waals surface area contributed by atoms with Gasteiger partial charge >= 0.3 is 13.3 Å². The minimum atomic E-state index is -4.41. The molecule has 1 atom stereocenters. The van der Waals surface area contributed by atoms with E-state index in [-0.39, 0.29) is 6.54 Å². The minimum absolute atomic E-state index is 0.161. The fourth-order valence-electron chi connectivity index (χ4n) is 1.87. The van der Waals surface area contributed by atoms with Crippen LogP contribution in [-0.4, -0.2) is 32.0 Å². The van der Waals surface area contributed by atoms with Gasteiger partial charge in [0.25, 0.3) is 5.56 Å². The van der Waals surface area contributed by atoms with E-state index in [1.807, 2.05) is 0 Å². The zero-order chi connectivity index (χ0) is 17.7. The first kappa shape index (κ1) is 18.2. The van der Waals surface area contributed by atoms with Crippen LogP contribution in [0, 0.1) is 6.92 Å². The fourth-order valence-corrected chi connectivity index (χ4v) is 2.23. The van der Waals surface area contributed by atoms with Crippen LogP contribution in [0.25, 0.3) is 0 Å². The van der Waals surface area contributed by atoms with E-state index in [9.17, 15) is 14.2 Å². The lowest BCUT2D eigenvalue weighted by Gasteiger charge is -2.20. The average Bonchev–Trinajstić information content (AvgIpc) is 2.50. The summed E-state index contributed by atoms with van der Waals surface area (Å²) in [6, 6.07) is 8.47. The quantitative estimate of drug-likeness (QED) is 0.483. The first-order valence-corrected chi connectivity index (χ1v) is 8.72. The van der Waals surface area contributed by atoms with E-state index >= 15 is 0 Å². The molecule has 1 aromatic carbocycles. The van der Waals surface area contributed by atoms with Crippen LogP contribution in [-0.2, 0) is 15.8 Å². The standard InChI is InChI=1S/C14H17N2O7P/c1-10-7-16(14(18)15-13(10)17)8-12(22-9-24(19,20)21)23-11-5-3-2-4-6-11/h2-7,12H,8-9H2,1H3,(H,15,17,18)(H2,19,20,21). The smallest absolute Gasteiger partial charge is 0.351 e. The highest BCUT2D eigenvalue weighted by atomic mass is 31.2. The third kappa shape index (κ3) is 5.47. The number of benzene rings is 1. The summed E-state index contributed by atoms with van der Waals surface area (Å²) in [7, 11) is -4.41. The Morgan fingerprint density at radius 3 is 2.54 bits per heavy atom. The molecule has 24 heavy (non-hydrogen) atoms. The van der Waals surface area contributed by atoms with Crippen molar-refractivity contribution < 1.29 is 23.8 Å². The molecule has 0 radical (unpaired) electrons. The minimum Gasteiger partial charge on any atom is -0.463 e. The lowest BCUT2D eigenvalue weighted by Crippen LogP contribution is -2.36. The molecule has 0 bridgehead atoms. The first-order chi connectivity index (χ1) is 11.2. The number of aromatic nitrogens is 2. The maximum Gasteiger partial charge on any atom is 0.351 e. The summed E-state index contributed by atoms with van der Waals surface area (Å²) in [5.41, 5.74) is -0.872. The highest BCUT2D eigenvalue weighted by Crippen LogP contribution is 2.34. The van der Waals surface area contributed by atoms with Crippen molar-refractivity contribution in [1.82, 2.24) is 9.55 Å². The Bertz CT molecular complexity index is 840. The zero-order valence-electron chi connectivity index (χ0n) is 12.8. The van der Waals surface area contributed by atoms with Crippen molar-refractivity contribution >= 4 is 7.60 Å². The summed E-state index contributed by atoms with van der Waals surface area (Å²) >= 11 is 0. The molecule has 0 aliphatic rings. The van der Waals surface area contributed by atoms with Gasteiger partial charge in [0.05, 0.1) is 6.54 Å². The molecule has 1 aromatic heterocycles. The molecule has 0 amide bonds. The predicted molar refractivity (Wildman–Crippen MR) is 84.9 cm³/mol. The normalized spacial score (nSPS) is 12.8. The van der Waals surface area contributed by atoms with E-state index in [2.05, 4.69) is 4.98 Å². The number of H-pyrrole nitrogens is 1. The summed E-state index contributed by atoms with van der Waals surface area (Å²) in [6.45, 7) is 1.36. The fraction of sp³-hybridized carbons (Fsp3) is 0.286. The highest BCUT2D eigenvalue weighted by Gasteiger charge is 2.20. The SMILES string of the molecule is Cc1cn(CC(OCP(=O)(O)O)Oc2ccccc2)c(=O)[nH]c1=O. The largest absolute Gasteiger partial charge is 0.463 e. The summed E-state index contributed by atoms with van der Waals surface area (Å²) in [4.78, 5) is 43.2. The van der Waals surface area contributed by atoms with Crippen molar-refractivity contribution in [1.29, 1.82) is 0 Å². The Morgan fingerprint density at radius 1 is 1.25 bits per heavy atom. The number of aryl methyl sites for hydroxylation is 1. The number of aromatic amines is 1. The van der Waals surface area contributed by atoms with Crippen molar-refractivity contribution in [3.05, 3.63) is 62.9 Å². The van der Waals surface area contributed by atoms with Crippen LogP contribution in [0.3, 0.4) is 0 Å². The molecule has 2 aromatic rings. The molecule has 1 heterocycles. The van der Waals surface area contributed by atoms with E-state index < -0.39 is 31.5 Å². The van der Waals surface area contributed by atoms with Gasteiger partial charge in [0.15, 0.2) is 6.35 Å². The van der Waals surface area contributed by atoms with E-state index in [0.717, 1.165) is 4.57 Å². The molecule has 9 nitrogen and oxygen atoms in total. The number of ether oxygens (including phenoxy) is 2. The number of para-hydroxylation sites is 1. The second-order valence-electron chi connectivity index (χ2n) is 5.04. The summed E-state index contributed by atoms with van der Waals surface area (Å²) in [5.74, 6) is 0.405. The van der Waals surface area contributed by atoms with Crippen LogP contribution < -0.4 is 16.0 Å². The van der Waals surface area contributed by atoms with Gasteiger partial charge < -0.3 is 19.3 Å². The van der Waals surface area contributed by atoms with Gasteiger partial charge in [0, 0.05) is 11.8 Å². The Hall–Kier alpha value is -2.19. The summed E-state index contributed by atoms with van der Waals surface area (Å²) < 4.78 is 22.8. The molecule has 10 heteroatoms. The van der Waals surface area contributed by atoms with Gasteiger partial charge in [-0.1, -0.05) is 18.2 Å². The van der Waals surface area contributed by atoms with Gasteiger partial charge in [-0.2, -0.15) is 0 Å².